The van der Waals surface area contributed by atoms with Gasteiger partial charge in [0.15, 0.2) is 0 Å². The Bertz CT molecular complexity index is 281. The largest absolute Gasteiger partial charge is 0.310 e. The molecule has 0 radical (unpaired) electrons. The summed E-state index contributed by atoms with van der Waals surface area (Å²) in [6, 6.07) is 9.36. The lowest BCUT2D eigenvalue weighted by molar-refractivity contribution is 0.338. The molecule has 0 aliphatic heterocycles. The number of halogens is 1. The number of nitrogens with one attached hydrogen (secondary N) is 1. The number of benzene rings is 1. The van der Waals surface area contributed by atoms with Crippen LogP contribution in [0.4, 0.5) is 0 Å². The number of hydrogen-bond donors (Lipinski definition) is 1. The smallest absolute Gasteiger partial charge is 0.0218 e. The highest BCUT2D eigenvalue weighted by Crippen LogP contribution is 2.19. The molecule has 0 spiro atoms. The van der Waals surface area contributed by atoms with Crippen LogP contribution < -0.4 is 5.32 Å². The molecule has 0 bridgehead atoms. The van der Waals surface area contributed by atoms with Crippen molar-refractivity contribution in [2.75, 3.05) is 0 Å². The summed E-state index contributed by atoms with van der Waals surface area (Å²) >= 11 is 2.40. The van der Waals surface area contributed by atoms with Gasteiger partial charge in [0.1, 0.15) is 0 Å². The Hall–Kier alpha value is -0.0900. The summed E-state index contributed by atoms with van der Waals surface area (Å²) in [6.07, 6.45) is 4.14. The van der Waals surface area contributed by atoms with Crippen molar-refractivity contribution in [2.45, 2.75) is 31.8 Å². The molecule has 0 atom stereocenters. The average molecular weight is 287 g/mol. The SMILES string of the molecule is Ic1ccccc1CNC1CCC1. The Morgan fingerprint density at radius 2 is 2.08 bits per heavy atom. The van der Waals surface area contributed by atoms with Gasteiger partial charge in [-0.05, 0) is 47.1 Å². The fraction of sp³-hybridized carbons (Fsp3) is 0.455. The van der Waals surface area contributed by atoms with E-state index in [0.29, 0.717) is 0 Å². The fourth-order valence-corrected chi connectivity index (χ4v) is 2.09. The summed E-state index contributed by atoms with van der Waals surface area (Å²) in [4.78, 5) is 0. The second-order valence-electron chi connectivity index (χ2n) is 3.60. The average Bonchev–Trinajstić information content (AvgIpc) is 2.05. The van der Waals surface area contributed by atoms with Gasteiger partial charge in [-0.25, -0.2) is 0 Å². The van der Waals surface area contributed by atoms with Gasteiger partial charge in [-0.1, -0.05) is 24.6 Å². The van der Waals surface area contributed by atoms with Crippen LogP contribution in [0.2, 0.25) is 0 Å². The maximum Gasteiger partial charge on any atom is 0.0218 e. The lowest BCUT2D eigenvalue weighted by Gasteiger charge is -2.26. The predicted octanol–water partition coefficient (Wildman–Crippen LogP) is 2.93. The molecule has 1 aromatic carbocycles. The number of rotatable bonds is 3. The third kappa shape index (κ3) is 2.44. The summed E-state index contributed by atoms with van der Waals surface area (Å²) in [6.45, 7) is 1.03. The molecule has 1 aromatic rings. The van der Waals surface area contributed by atoms with Crippen molar-refractivity contribution in [1.82, 2.24) is 5.32 Å². The van der Waals surface area contributed by atoms with Gasteiger partial charge < -0.3 is 5.32 Å². The molecule has 70 valence electrons. The van der Waals surface area contributed by atoms with Crippen LogP contribution >= 0.6 is 22.6 Å². The van der Waals surface area contributed by atoms with E-state index in [2.05, 4.69) is 52.2 Å². The highest BCUT2D eigenvalue weighted by atomic mass is 127. The van der Waals surface area contributed by atoms with E-state index in [1.165, 1.54) is 28.4 Å². The summed E-state index contributed by atoms with van der Waals surface area (Å²) in [7, 11) is 0. The molecule has 2 rings (SSSR count). The number of hydrogen-bond acceptors (Lipinski definition) is 1. The van der Waals surface area contributed by atoms with Crippen LogP contribution in [0.1, 0.15) is 24.8 Å². The van der Waals surface area contributed by atoms with E-state index in [-0.39, 0.29) is 0 Å². The van der Waals surface area contributed by atoms with Gasteiger partial charge in [0, 0.05) is 16.2 Å². The minimum Gasteiger partial charge on any atom is -0.310 e. The quantitative estimate of drug-likeness (QED) is 0.843. The van der Waals surface area contributed by atoms with Crippen molar-refractivity contribution in [3.05, 3.63) is 33.4 Å². The zero-order chi connectivity index (χ0) is 9.10. The van der Waals surface area contributed by atoms with Crippen molar-refractivity contribution < 1.29 is 0 Å². The van der Waals surface area contributed by atoms with Gasteiger partial charge in [-0.2, -0.15) is 0 Å². The second-order valence-corrected chi connectivity index (χ2v) is 4.76. The maximum atomic E-state index is 3.57. The third-order valence-electron chi connectivity index (χ3n) is 2.64. The Labute approximate surface area is 93.1 Å². The standard InChI is InChI=1S/C11H14IN/c12-11-7-2-1-4-9(11)8-13-10-5-3-6-10/h1-2,4,7,10,13H,3,5-6,8H2. The van der Waals surface area contributed by atoms with E-state index in [9.17, 15) is 0 Å². The summed E-state index contributed by atoms with van der Waals surface area (Å²) in [5.74, 6) is 0. The zero-order valence-electron chi connectivity index (χ0n) is 7.59. The molecule has 1 saturated carbocycles. The monoisotopic (exact) mass is 287 g/mol. The Morgan fingerprint density at radius 3 is 2.69 bits per heavy atom. The maximum absolute atomic E-state index is 3.57. The van der Waals surface area contributed by atoms with E-state index in [4.69, 9.17) is 0 Å². The van der Waals surface area contributed by atoms with E-state index in [1.807, 2.05) is 0 Å². The molecule has 0 amide bonds. The topological polar surface area (TPSA) is 12.0 Å². The highest BCUT2D eigenvalue weighted by Gasteiger charge is 2.16. The van der Waals surface area contributed by atoms with Gasteiger partial charge in [0.05, 0.1) is 0 Å². The first-order valence-electron chi connectivity index (χ1n) is 4.83. The Morgan fingerprint density at radius 1 is 1.31 bits per heavy atom. The Kier molecular flexibility index (Phi) is 3.22. The summed E-state index contributed by atoms with van der Waals surface area (Å²) < 4.78 is 1.37. The van der Waals surface area contributed by atoms with Crippen LogP contribution in [0.5, 0.6) is 0 Å². The molecule has 13 heavy (non-hydrogen) atoms. The van der Waals surface area contributed by atoms with Gasteiger partial charge >= 0.3 is 0 Å². The molecule has 1 nitrogen and oxygen atoms in total. The Balaban J connectivity index is 1.89. The van der Waals surface area contributed by atoms with Crippen LogP contribution in [-0.4, -0.2) is 6.04 Å². The predicted molar refractivity (Wildman–Crippen MR) is 63.6 cm³/mol. The van der Waals surface area contributed by atoms with Gasteiger partial charge in [0.2, 0.25) is 0 Å². The molecule has 0 aromatic heterocycles. The van der Waals surface area contributed by atoms with Crippen molar-refractivity contribution in [3.8, 4) is 0 Å². The first kappa shape index (κ1) is 9.46. The third-order valence-corrected chi connectivity index (χ3v) is 3.70. The molecule has 0 heterocycles. The lowest BCUT2D eigenvalue weighted by atomic mass is 9.93. The van der Waals surface area contributed by atoms with E-state index in [0.717, 1.165) is 12.6 Å². The molecule has 0 saturated heterocycles. The minimum absolute atomic E-state index is 0.788. The van der Waals surface area contributed by atoms with Crippen LogP contribution in [0.3, 0.4) is 0 Å². The zero-order valence-corrected chi connectivity index (χ0v) is 9.75. The van der Waals surface area contributed by atoms with Crippen molar-refractivity contribution in [1.29, 1.82) is 0 Å². The molecular formula is C11H14IN. The van der Waals surface area contributed by atoms with Crippen LogP contribution in [0.15, 0.2) is 24.3 Å². The van der Waals surface area contributed by atoms with Crippen molar-refractivity contribution >= 4 is 22.6 Å². The normalized spacial score (nSPS) is 17.0. The first-order chi connectivity index (χ1) is 6.36. The van der Waals surface area contributed by atoms with Crippen LogP contribution in [0, 0.1) is 3.57 Å². The van der Waals surface area contributed by atoms with E-state index >= 15 is 0 Å². The molecular weight excluding hydrogens is 273 g/mol. The van der Waals surface area contributed by atoms with Crippen molar-refractivity contribution in [3.63, 3.8) is 0 Å². The van der Waals surface area contributed by atoms with E-state index in [1.54, 1.807) is 0 Å². The fourth-order valence-electron chi connectivity index (χ4n) is 1.51. The summed E-state index contributed by atoms with van der Waals surface area (Å²) in [5, 5.41) is 3.57. The molecule has 1 aliphatic carbocycles. The summed E-state index contributed by atoms with van der Waals surface area (Å²) in [5.41, 5.74) is 1.43. The molecule has 0 unspecified atom stereocenters. The highest BCUT2D eigenvalue weighted by molar-refractivity contribution is 14.1. The minimum atomic E-state index is 0.788. The molecule has 2 heteroatoms. The van der Waals surface area contributed by atoms with Gasteiger partial charge in [0.25, 0.3) is 0 Å². The van der Waals surface area contributed by atoms with Crippen LogP contribution in [0.25, 0.3) is 0 Å². The van der Waals surface area contributed by atoms with Crippen molar-refractivity contribution in [2.24, 2.45) is 0 Å². The molecule has 1 fully saturated rings. The van der Waals surface area contributed by atoms with Gasteiger partial charge in [-0.15, -0.1) is 0 Å². The molecule has 1 aliphatic rings. The lowest BCUT2D eigenvalue weighted by Crippen LogP contribution is -2.34. The van der Waals surface area contributed by atoms with Gasteiger partial charge in [-0.3, -0.25) is 0 Å². The van der Waals surface area contributed by atoms with E-state index < -0.39 is 0 Å². The molecule has 1 N–H and O–H groups in total. The first-order valence-corrected chi connectivity index (χ1v) is 5.91. The second kappa shape index (κ2) is 4.42. The van der Waals surface area contributed by atoms with Crippen LogP contribution in [-0.2, 0) is 6.54 Å².